The van der Waals surface area contributed by atoms with E-state index in [1.54, 1.807) is 28.6 Å². The second-order valence-corrected chi connectivity index (χ2v) is 7.66. The van der Waals surface area contributed by atoms with Crippen molar-refractivity contribution >= 4 is 23.5 Å². The van der Waals surface area contributed by atoms with E-state index in [1.165, 1.54) is 0 Å². The van der Waals surface area contributed by atoms with Gasteiger partial charge < -0.3 is 10.0 Å². The molecule has 0 spiro atoms. The molecule has 1 N–H and O–H groups in total. The van der Waals surface area contributed by atoms with Crippen molar-refractivity contribution in [2.75, 3.05) is 13.1 Å². The van der Waals surface area contributed by atoms with Crippen LogP contribution in [0.3, 0.4) is 0 Å². The van der Waals surface area contributed by atoms with Gasteiger partial charge >= 0.3 is 5.97 Å². The van der Waals surface area contributed by atoms with E-state index in [4.69, 9.17) is 11.6 Å². The molecule has 1 amide bonds. The first kappa shape index (κ1) is 19.4. The molecule has 2 aromatic rings. The molecule has 1 fully saturated rings. The third-order valence-corrected chi connectivity index (χ3v) is 5.24. The van der Waals surface area contributed by atoms with Crippen LogP contribution in [-0.4, -0.2) is 50.0 Å². The average molecular weight is 391 g/mol. The van der Waals surface area contributed by atoms with Crippen molar-refractivity contribution in [2.45, 2.75) is 39.5 Å². The molecule has 1 saturated heterocycles. The van der Waals surface area contributed by atoms with Crippen LogP contribution >= 0.6 is 11.6 Å². The Morgan fingerprint density at radius 1 is 1.37 bits per heavy atom. The van der Waals surface area contributed by atoms with Crippen LogP contribution in [0.25, 0.3) is 5.69 Å². The van der Waals surface area contributed by atoms with Crippen LogP contribution in [-0.2, 0) is 11.2 Å². The maximum Gasteiger partial charge on any atom is 0.311 e. The average Bonchev–Trinajstić information content (AvgIpc) is 3.05. The van der Waals surface area contributed by atoms with E-state index >= 15 is 0 Å². The Balaban J connectivity index is 1.94. The molecule has 8 heteroatoms. The zero-order chi connectivity index (χ0) is 19.6. The van der Waals surface area contributed by atoms with Gasteiger partial charge in [0.2, 0.25) is 0 Å². The van der Waals surface area contributed by atoms with E-state index in [9.17, 15) is 14.7 Å². The summed E-state index contributed by atoms with van der Waals surface area (Å²) in [6.07, 6.45) is 2.66. The van der Waals surface area contributed by atoms with Crippen molar-refractivity contribution in [3.8, 4) is 5.69 Å². The van der Waals surface area contributed by atoms with Crippen LogP contribution in [0.1, 0.15) is 49.3 Å². The van der Waals surface area contributed by atoms with E-state index in [0.29, 0.717) is 36.5 Å². The van der Waals surface area contributed by atoms with Crippen LogP contribution in [0.4, 0.5) is 0 Å². The molecule has 1 aliphatic rings. The second kappa shape index (κ2) is 7.68. The highest BCUT2D eigenvalue weighted by molar-refractivity contribution is 6.30. The SMILES string of the molecule is CCCc1c(C(=O)N2CCCC(C)(C(=O)O)C2)nnn1-c1cccc(Cl)c1. The number of aliphatic carboxylic acids is 1. The fraction of sp³-hybridized carbons (Fsp3) is 0.474. The number of benzene rings is 1. The monoisotopic (exact) mass is 390 g/mol. The minimum absolute atomic E-state index is 0.177. The molecule has 1 aliphatic heterocycles. The summed E-state index contributed by atoms with van der Waals surface area (Å²) < 4.78 is 1.64. The number of likely N-dealkylation sites (tertiary alicyclic amines) is 1. The summed E-state index contributed by atoms with van der Waals surface area (Å²) in [6.45, 7) is 4.41. The Labute approximate surface area is 162 Å². The minimum Gasteiger partial charge on any atom is -0.481 e. The molecule has 144 valence electrons. The summed E-state index contributed by atoms with van der Waals surface area (Å²) in [4.78, 5) is 26.3. The maximum absolute atomic E-state index is 13.1. The lowest BCUT2D eigenvalue weighted by Crippen LogP contribution is -2.48. The molecule has 7 nitrogen and oxygen atoms in total. The number of carbonyl (C=O) groups excluding carboxylic acids is 1. The predicted octanol–water partition coefficient (Wildman–Crippen LogP) is 3.20. The molecule has 27 heavy (non-hydrogen) atoms. The summed E-state index contributed by atoms with van der Waals surface area (Å²) in [5.74, 6) is -1.14. The Bertz CT molecular complexity index is 866. The number of halogens is 1. The molecule has 1 aromatic carbocycles. The van der Waals surface area contributed by atoms with Crippen molar-refractivity contribution in [1.29, 1.82) is 0 Å². The van der Waals surface area contributed by atoms with Gasteiger partial charge in [0.1, 0.15) is 0 Å². The first-order chi connectivity index (χ1) is 12.9. The van der Waals surface area contributed by atoms with E-state index in [-0.39, 0.29) is 18.1 Å². The summed E-state index contributed by atoms with van der Waals surface area (Å²) >= 11 is 6.08. The molecule has 1 aromatic heterocycles. The van der Waals surface area contributed by atoms with Gasteiger partial charge in [0.15, 0.2) is 5.69 Å². The Kier molecular flexibility index (Phi) is 5.51. The zero-order valence-electron chi connectivity index (χ0n) is 15.5. The quantitative estimate of drug-likeness (QED) is 0.846. The van der Waals surface area contributed by atoms with E-state index < -0.39 is 11.4 Å². The fourth-order valence-corrected chi connectivity index (χ4v) is 3.67. The fourth-order valence-electron chi connectivity index (χ4n) is 3.48. The molecule has 0 radical (unpaired) electrons. The number of nitrogens with zero attached hydrogens (tertiary/aromatic N) is 4. The normalized spacial score (nSPS) is 19.9. The lowest BCUT2D eigenvalue weighted by atomic mass is 9.82. The number of carboxylic acids is 1. The highest BCUT2D eigenvalue weighted by Gasteiger charge is 2.40. The first-order valence-electron chi connectivity index (χ1n) is 9.09. The van der Waals surface area contributed by atoms with E-state index in [0.717, 1.165) is 12.1 Å². The summed E-state index contributed by atoms with van der Waals surface area (Å²) in [7, 11) is 0. The summed E-state index contributed by atoms with van der Waals surface area (Å²) in [5, 5.41) is 18.4. The van der Waals surface area contributed by atoms with Crippen molar-refractivity contribution in [1.82, 2.24) is 19.9 Å². The lowest BCUT2D eigenvalue weighted by Gasteiger charge is -2.37. The molecule has 2 heterocycles. The highest BCUT2D eigenvalue weighted by atomic mass is 35.5. The number of aromatic nitrogens is 3. The Morgan fingerprint density at radius 2 is 2.15 bits per heavy atom. The predicted molar refractivity (Wildman–Crippen MR) is 101 cm³/mol. The zero-order valence-corrected chi connectivity index (χ0v) is 16.2. The van der Waals surface area contributed by atoms with Crippen LogP contribution in [0.15, 0.2) is 24.3 Å². The number of carbonyl (C=O) groups is 2. The number of carboxylic acid groups (broad SMARTS) is 1. The van der Waals surface area contributed by atoms with Crippen LogP contribution < -0.4 is 0 Å². The standard InChI is InChI=1S/C19H23ClN4O3/c1-3-6-15-16(21-22-24(15)14-8-4-7-13(20)11-14)17(25)23-10-5-9-19(2,12-23)18(26)27/h4,7-8,11H,3,5-6,9-10,12H2,1-2H3,(H,26,27). The van der Waals surface area contributed by atoms with Crippen LogP contribution in [0.2, 0.25) is 5.02 Å². The minimum atomic E-state index is -0.929. The molecule has 1 atom stereocenters. The van der Waals surface area contributed by atoms with Gasteiger partial charge in [-0.05, 0) is 44.4 Å². The molecular weight excluding hydrogens is 368 g/mol. The van der Waals surface area contributed by atoms with Gasteiger partial charge in [0.05, 0.1) is 16.8 Å². The largest absolute Gasteiger partial charge is 0.481 e. The van der Waals surface area contributed by atoms with Crippen LogP contribution in [0.5, 0.6) is 0 Å². The molecular formula is C19H23ClN4O3. The third-order valence-electron chi connectivity index (χ3n) is 5.01. The number of rotatable bonds is 5. The van der Waals surface area contributed by atoms with Gasteiger partial charge in [-0.1, -0.05) is 36.2 Å². The third kappa shape index (κ3) is 3.83. The number of piperidine rings is 1. The second-order valence-electron chi connectivity index (χ2n) is 7.22. The van der Waals surface area contributed by atoms with Gasteiger partial charge in [-0.2, -0.15) is 0 Å². The Morgan fingerprint density at radius 3 is 2.81 bits per heavy atom. The van der Waals surface area contributed by atoms with Gasteiger partial charge in [0.25, 0.3) is 5.91 Å². The Hall–Kier alpha value is -2.41. The van der Waals surface area contributed by atoms with E-state index in [2.05, 4.69) is 10.3 Å². The molecule has 3 rings (SSSR count). The van der Waals surface area contributed by atoms with Crippen molar-refractivity contribution in [3.63, 3.8) is 0 Å². The number of hydrogen-bond donors (Lipinski definition) is 1. The van der Waals surface area contributed by atoms with E-state index in [1.807, 2.05) is 19.1 Å². The highest BCUT2D eigenvalue weighted by Crippen LogP contribution is 2.31. The summed E-state index contributed by atoms with van der Waals surface area (Å²) in [6, 6.07) is 7.22. The topological polar surface area (TPSA) is 88.3 Å². The molecule has 0 bridgehead atoms. The molecule has 0 aliphatic carbocycles. The molecule has 1 unspecified atom stereocenters. The summed E-state index contributed by atoms with van der Waals surface area (Å²) in [5.41, 5.74) is 0.812. The smallest absolute Gasteiger partial charge is 0.311 e. The maximum atomic E-state index is 13.1. The van der Waals surface area contributed by atoms with Crippen molar-refractivity contribution in [3.05, 3.63) is 40.7 Å². The van der Waals surface area contributed by atoms with Gasteiger partial charge in [-0.3, -0.25) is 9.59 Å². The van der Waals surface area contributed by atoms with Gasteiger partial charge in [-0.15, -0.1) is 5.10 Å². The number of hydrogen-bond acceptors (Lipinski definition) is 4. The number of amides is 1. The van der Waals surface area contributed by atoms with Gasteiger partial charge in [0, 0.05) is 18.1 Å². The first-order valence-corrected chi connectivity index (χ1v) is 9.46. The van der Waals surface area contributed by atoms with Crippen molar-refractivity contribution < 1.29 is 14.7 Å². The van der Waals surface area contributed by atoms with Crippen molar-refractivity contribution in [2.24, 2.45) is 5.41 Å². The van der Waals surface area contributed by atoms with Crippen LogP contribution in [0, 0.1) is 5.41 Å². The van der Waals surface area contributed by atoms with Gasteiger partial charge in [-0.25, -0.2) is 4.68 Å². The lowest BCUT2D eigenvalue weighted by molar-refractivity contribution is -0.150. The molecule has 0 saturated carbocycles.